The first-order valence-corrected chi connectivity index (χ1v) is 5.18. The summed E-state index contributed by atoms with van der Waals surface area (Å²) < 4.78 is 13.2. The van der Waals surface area contributed by atoms with Crippen molar-refractivity contribution < 1.29 is 4.39 Å². The molecule has 2 rings (SSSR count). The fourth-order valence-corrected chi connectivity index (χ4v) is 1.93. The summed E-state index contributed by atoms with van der Waals surface area (Å²) in [6.45, 7) is 0.624. The Kier molecular flexibility index (Phi) is 3.09. The molecule has 1 aromatic rings. The van der Waals surface area contributed by atoms with Crippen molar-refractivity contribution >= 4 is 0 Å². The van der Waals surface area contributed by atoms with Crippen LogP contribution in [0.5, 0.6) is 0 Å². The topological polar surface area (TPSA) is 24.9 Å². The van der Waals surface area contributed by atoms with Crippen LogP contribution in [0.15, 0.2) is 18.5 Å². The van der Waals surface area contributed by atoms with Crippen LogP contribution in [0.3, 0.4) is 0 Å². The van der Waals surface area contributed by atoms with E-state index >= 15 is 0 Å². The summed E-state index contributed by atoms with van der Waals surface area (Å²) in [5.74, 6) is -0.210. The predicted molar refractivity (Wildman–Crippen MR) is 53.3 cm³/mol. The molecule has 1 aliphatic rings. The Bertz CT molecular complexity index is 295. The van der Waals surface area contributed by atoms with Gasteiger partial charge in [-0.15, -0.1) is 0 Å². The number of halogens is 1. The van der Waals surface area contributed by atoms with Gasteiger partial charge in [0.1, 0.15) is 5.82 Å². The Morgan fingerprint density at radius 2 is 2.21 bits per heavy atom. The average molecular weight is 194 g/mol. The van der Waals surface area contributed by atoms with Gasteiger partial charge in [0.15, 0.2) is 0 Å². The maximum atomic E-state index is 13.2. The monoisotopic (exact) mass is 194 g/mol. The molecule has 0 spiro atoms. The number of nitrogens with one attached hydrogen (secondary N) is 1. The molecule has 0 bridgehead atoms. The molecule has 1 heterocycles. The lowest BCUT2D eigenvalue weighted by atomic mass is 10.2. The summed E-state index contributed by atoms with van der Waals surface area (Å²) in [6.07, 6.45) is 7.97. The fourth-order valence-electron chi connectivity index (χ4n) is 1.93. The zero-order valence-corrected chi connectivity index (χ0v) is 8.17. The standard InChI is InChI=1S/C11H15FN2/c12-11-8-13-6-5-9(11)7-14-10-3-1-2-4-10/h5-6,8,10,14H,1-4,7H2. The molecule has 1 N–H and O–H groups in total. The van der Waals surface area contributed by atoms with Crippen molar-refractivity contribution in [1.82, 2.24) is 10.3 Å². The van der Waals surface area contributed by atoms with E-state index in [0.717, 1.165) is 0 Å². The predicted octanol–water partition coefficient (Wildman–Crippen LogP) is 2.25. The van der Waals surface area contributed by atoms with Gasteiger partial charge in [-0.05, 0) is 18.9 Å². The zero-order valence-electron chi connectivity index (χ0n) is 8.17. The lowest BCUT2D eigenvalue weighted by molar-refractivity contribution is 0.507. The molecule has 76 valence electrons. The number of hydrogen-bond donors (Lipinski definition) is 1. The molecule has 1 fully saturated rings. The second-order valence-electron chi connectivity index (χ2n) is 3.83. The third kappa shape index (κ3) is 2.29. The van der Waals surface area contributed by atoms with Gasteiger partial charge in [-0.1, -0.05) is 12.8 Å². The van der Waals surface area contributed by atoms with E-state index in [1.54, 1.807) is 12.3 Å². The highest BCUT2D eigenvalue weighted by molar-refractivity contribution is 5.12. The summed E-state index contributed by atoms with van der Waals surface area (Å²) in [5.41, 5.74) is 0.715. The minimum absolute atomic E-state index is 0.210. The molecule has 0 atom stereocenters. The maximum Gasteiger partial charge on any atom is 0.145 e. The van der Waals surface area contributed by atoms with E-state index in [1.807, 2.05) is 0 Å². The Balaban J connectivity index is 1.88. The Labute approximate surface area is 83.6 Å². The highest BCUT2D eigenvalue weighted by Crippen LogP contribution is 2.18. The van der Waals surface area contributed by atoms with E-state index < -0.39 is 0 Å². The van der Waals surface area contributed by atoms with E-state index in [4.69, 9.17) is 0 Å². The highest BCUT2D eigenvalue weighted by Gasteiger charge is 2.14. The van der Waals surface area contributed by atoms with E-state index in [-0.39, 0.29) is 5.82 Å². The second kappa shape index (κ2) is 4.51. The normalized spacial score (nSPS) is 17.5. The van der Waals surface area contributed by atoms with Crippen LogP contribution in [0.1, 0.15) is 31.2 Å². The molecule has 1 aromatic heterocycles. The first-order chi connectivity index (χ1) is 6.86. The van der Waals surface area contributed by atoms with Crippen molar-refractivity contribution in [3.63, 3.8) is 0 Å². The Morgan fingerprint density at radius 3 is 2.93 bits per heavy atom. The average Bonchev–Trinajstić information content (AvgIpc) is 2.69. The molecule has 0 unspecified atom stereocenters. The second-order valence-corrected chi connectivity index (χ2v) is 3.83. The van der Waals surface area contributed by atoms with Crippen molar-refractivity contribution in [2.75, 3.05) is 0 Å². The number of pyridine rings is 1. The van der Waals surface area contributed by atoms with Crippen molar-refractivity contribution in [3.05, 3.63) is 29.8 Å². The van der Waals surface area contributed by atoms with Gasteiger partial charge in [-0.3, -0.25) is 4.98 Å². The third-order valence-corrected chi connectivity index (χ3v) is 2.79. The van der Waals surface area contributed by atoms with Crippen LogP contribution in [-0.2, 0) is 6.54 Å². The molecule has 2 nitrogen and oxygen atoms in total. The highest BCUT2D eigenvalue weighted by atomic mass is 19.1. The van der Waals surface area contributed by atoms with Gasteiger partial charge in [0.2, 0.25) is 0 Å². The Hall–Kier alpha value is -0.960. The van der Waals surface area contributed by atoms with Gasteiger partial charge in [0, 0.05) is 24.3 Å². The van der Waals surface area contributed by atoms with Crippen LogP contribution < -0.4 is 5.32 Å². The number of hydrogen-bond acceptors (Lipinski definition) is 2. The molecule has 0 amide bonds. The molecule has 1 saturated carbocycles. The molecule has 0 aliphatic heterocycles. The molecule has 0 aromatic carbocycles. The number of nitrogens with zero attached hydrogens (tertiary/aromatic N) is 1. The molecule has 0 radical (unpaired) electrons. The first kappa shape index (κ1) is 9.59. The molecule has 0 saturated heterocycles. The minimum atomic E-state index is -0.210. The van der Waals surface area contributed by atoms with Crippen LogP contribution in [0.25, 0.3) is 0 Å². The van der Waals surface area contributed by atoms with E-state index in [1.165, 1.54) is 31.9 Å². The van der Waals surface area contributed by atoms with Crippen LogP contribution >= 0.6 is 0 Å². The van der Waals surface area contributed by atoms with Crippen molar-refractivity contribution in [3.8, 4) is 0 Å². The van der Waals surface area contributed by atoms with E-state index in [9.17, 15) is 4.39 Å². The van der Waals surface area contributed by atoms with E-state index in [2.05, 4.69) is 10.3 Å². The van der Waals surface area contributed by atoms with Gasteiger partial charge < -0.3 is 5.32 Å². The lowest BCUT2D eigenvalue weighted by Crippen LogP contribution is -2.25. The van der Waals surface area contributed by atoms with Gasteiger partial charge in [0.25, 0.3) is 0 Å². The summed E-state index contributed by atoms with van der Waals surface area (Å²) in [5, 5.41) is 3.37. The SMILES string of the molecule is Fc1cnccc1CNC1CCCC1. The molecular weight excluding hydrogens is 179 g/mol. The summed E-state index contributed by atoms with van der Waals surface area (Å²) >= 11 is 0. The van der Waals surface area contributed by atoms with Crippen LogP contribution in [0.4, 0.5) is 4.39 Å². The van der Waals surface area contributed by atoms with Crippen molar-refractivity contribution in [1.29, 1.82) is 0 Å². The summed E-state index contributed by atoms with van der Waals surface area (Å²) in [6, 6.07) is 2.32. The lowest BCUT2D eigenvalue weighted by Gasteiger charge is -2.11. The zero-order chi connectivity index (χ0) is 9.80. The molecular formula is C11H15FN2. The van der Waals surface area contributed by atoms with E-state index in [0.29, 0.717) is 18.2 Å². The van der Waals surface area contributed by atoms with Crippen LogP contribution in [0.2, 0.25) is 0 Å². The van der Waals surface area contributed by atoms with Crippen molar-refractivity contribution in [2.24, 2.45) is 0 Å². The van der Waals surface area contributed by atoms with Crippen LogP contribution in [-0.4, -0.2) is 11.0 Å². The third-order valence-electron chi connectivity index (χ3n) is 2.79. The summed E-state index contributed by atoms with van der Waals surface area (Å²) in [7, 11) is 0. The quantitative estimate of drug-likeness (QED) is 0.798. The number of rotatable bonds is 3. The van der Waals surface area contributed by atoms with Gasteiger partial charge in [-0.25, -0.2) is 4.39 Å². The Morgan fingerprint density at radius 1 is 1.43 bits per heavy atom. The van der Waals surface area contributed by atoms with Crippen LogP contribution in [0, 0.1) is 5.82 Å². The van der Waals surface area contributed by atoms with Gasteiger partial charge in [0.05, 0.1) is 6.20 Å². The van der Waals surface area contributed by atoms with Crippen molar-refractivity contribution in [2.45, 2.75) is 38.3 Å². The maximum absolute atomic E-state index is 13.2. The molecule has 1 aliphatic carbocycles. The van der Waals surface area contributed by atoms with Gasteiger partial charge in [-0.2, -0.15) is 0 Å². The smallest absolute Gasteiger partial charge is 0.145 e. The first-order valence-electron chi connectivity index (χ1n) is 5.18. The molecule has 14 heavy (non-hydrogen) atoms. The number of aromatic nitrogens is 1. The minimum Gasteiger partial charge on any atom is -0.310 e. The fraction of sp³-hybridized carbons (Fsp3) is 0.545. The van der Waals surface area contributed by atoms with Gasteiger partial charge >= 0.3 is 0 Å². The summed E-state index contributed by atoms with van der Waals surface area (Å²) in [4.78, 5) is 3.72. The molecule has 3 heteroatoms. The largest absolute Gasteiger partial charge is 0.310 e.